The second-order valence-electron chi connectivity index (χ2n) is 3.26. The van der Waals surface area contributed by atoms with Gasteiger partial charge >= 0.3 is 0 Å². The van der Waals surface area contributed by atoms with Crippen LogP contribution in [0.3, 0.4) is 0 Å². The Kier molecular flexibility index (Phi) is 2.00. The number of rotatable bonds is 1. The number of aromatic hydroxyl groups is 1. The van der Waals surface area contributed by atoms with Crippen molar-refractivity contribution in [2.24, 2.45) is 0 Å². The molecule has 3 nitrogen and oxygen atoms in total. The van der Waals surface area contributed by atoms with Crippen LogP contribution in [0.4, 0.5) is 0 Å². The molecule has 2 aromatic rings. The third kappa shape index (κ3) is 1.48. The topological polar surface area (TPSA) is 46.3 Å². The molecule has 0 bridgehead atoms. The molecule has 0 atom stereocenters. The van der Waals surface area contributed by atoms with Crippen molar-refractivity contribution in [2.75, 3.05) is 0 Å². The molecule has 0 aliphatic carbocycles. The first-order chi connectivity index (χ1) is 6.66. The summed E-state index contributed by atoms with van der Waals surface area (Å²) in [5.41, 5.74) is 1.69. The quantitative estimate of drug-likeness (QED) is 0.750. The van der Waals surface area contributed by atoms with Gasteiger partial charge in [-0.1, -0.05) is 6.07 Å². The number of phenolic OH excluding ortho intramolecular Hbond substituents is 1. The fraction of sp³-hybridized carbons (Fsp3) is 0.182. The van der Waals surface area contributed by atoms with Gasteiger partial charge in [0.25, 0.3) is 0 Å². The fourth-order valence-electron chi connectivity index (χ4n) is 1.34. The summed E-state index contributed by atoms with van der Waals surface area (Å²) in [6.07, 6.45) is 1.61. The van der Waals surface area contributed by atoms with Crippen LogP contribution in [0, 0.1) is 13.8 Å². The molecule has 0 aliphatic rings. The molecule has 14 heavy (non-hydrogen) atoms. The fourth-order valence-corrected chi connectivity index (χ4v) is 1.34. The van der Waals surface area contributed by atoms with Crippen molar-refractivity contribution < 1.29 is 9.52 Å². The molecule has 0 radical (unpaired) electrons. The number of hydrogen-bond donors (Lipinski definition) is 1. The minimum Gasteiger partial charge on any atom is -0.507 e. The molecule has 2 rings (SSSR count). The molecule has 0 fully saturated rings. The van der Waals surface area contributed by atoms with Crippen molar-refractivity contribution >= 4 is 0 Å². The van der Waals surface area contributed by atoms with E-state index in [2.05, 4.69) is 4.98 Å². The minimum absolute atomic E-state index is 0.223. The van der Waals surface area contributed by atoms with Crippen LogP contribution in [0.15, 0.2) is 28.8 Å². The van der Waals surface area contributed by atoms with Gasteiger partial charge < -0.3 is 9.52 Å². The Bertz CT molecular complexity index is 460. The number of phenols is 1. The third-order valence-corrected chi connectivity index (χ3v) is 2.04. The molecule has 0 unspecified atom stereocenters. The molecule has 1 aromatic heterocycles. The van der Waals surface area contributed by atoms with Crippen molar-refractivity contribution in [2.45, 2.75) is 13.8 Å². The van der Waals surface area contributed by atoms with E-state index in [0.717, 1.165) is 5.56 Å². The maximum Gasteiger partial charge on any atom is 0.191 e. The molecule has 1 heterocycles. The Hall–Kier alpha value is -1.77. The Morgan fingerprint density at radius 3 is 2.64 bits per heavy atom. The van der Waals surface area contributed by atoms with Gasteiger partial charge in [-0.2, -0.15) is 0 Å². The molecule has 72 valence electrons. The normalized spacial score (nSPS) is 10.4. The second-order valence-corrected chi connectivity index (χ2v) is 3.26. The largest absolute Gasteiger partial charge is 0.507 e. The molecule has 0 saturated carbocycles. The van der Waals surface area contributed by atoms with Crippen LogP contribution in [0.1, 0.15) is 11.5 Å². The van der Waals surface area contributed by atoms with Crippen LogP contribution in [0.5, 0.6) is 5.75 Å². The zero-order valence-corrected chi connectivity index (χ0v) is 8.11. The maximum atomic E-state index is 9.67. The molecule has 0 saturated heterocycles. The van der Waals surface area contributed by atoms with Crippen molar-refractivity contribution in [3.63, 3.8) is 0 Å². The van der Waals surface area contributed by atoms with Gasteiger partial charge in [0.1, 0.15) is 5.75 Å². The first-order valence-electron chi connectivity index (χ1n) is 4.39. The summed E-state index contributed by atoms with van der Waals surface area (Å²) in [4.78, 5) is 3.98. The van der Waals surface area contributed by atoms with E-state index in [0.29, 0.717) is 17.2 Å². The summed E-state index contributed by atoms with van der Waals surface area (Å²) in [6, 6.07) is 5.45. The van der Waals surface area contributed by atoms with E-state index >= 15 is 0 Å². The van der Waals surface area contributed by atoms with Gasteiger partial charge in [-0.25, -0.2) is 4.98 Å². The highest BCUT2D eigenvalue weighted by atomic mass is 16.4. The van der Waals surface area contributed by atoms with Gasteiger partial charge in [0, 0.05) is 6.92 Å². The van der Waals surface area contributed by atoms with Crippen molar-refractivity contribution in [1.82, 2.24) is 4.98 Å². The lowest BCUT2D eigenvalue weighted by molar-refractivity contribution is 0.471. The Labute approximate surface area is 82.0 Å². The average Bonchev–Trinajstić information content (AvgIpc) is 2.51. The summed E-state index contributed by atoms with van der Waals surface area (Å²) in [7, 11) is 0. The van der Waals surface area contributed by atoms with E-state index < -0.39 is 0 Å². The van der Waals surface area contributed by atoms with Gasteiger partial charge in [0.2, 0.25) is 0 Å². The Morgan fingerprint density at radius 1 is 1.29 bits per heavy atom. The van der Waals surface area contributed by atoms with E-state index in [1.807, 2.05) is 19.1 Å². The van der Waals surface area contributed by atoms with Crippen molar-refractivity contribution in [1.29, 1.82) is 0 Å². The number of oxazole rings is 1. The number of aryl methyl sites for hydroxylation is 2. The lowest BCUT2D eigenvalue weighted by Crippen LogP contribution is -1.77. The lowest BCUT2D eigenvalue weighted by atomic mass is 10.1. The standard InChI is InChI=1S/C11H11NO2/c1-7-3-4-9(10(13)5-7)11-6-12-8(2)14-11/h3-6,13H,1-2H3. The number of aromatic nitrogens is 1. The first-order valence-corrected chi connectivity index (χ1v) is 4.39. The summed E-state index contributed by atoms with van der Waals surface area (Å²) in [6.45, 7) is 3.70. The molecule has 1 N–H and O–H groups in total. The van der Waals surface area contributed by atoms with Crippen LogP contribution in [0.25, 0.3) is 11.3 Å². The van der Waals surface area contributed by atoms with Crippen LogP contribution in [-0.4, -0.2) is 10.1 Å². The molecule has 0 spiro atoms. The third-order valence-electron chi connectivity index (χ3n) is 2.04. The Balaban J connectivity index is 2.52. The van der Waals surface area contributed by atoms with E-state index in [1.54, 1.807) is 19.2 Å². The predicted molar refractivity (Wildman–Crippen MR) is 53.1 cm³/mol. The zero-order valence-electron chi connectivity index (χ0n) is 8.11. The number of nitrogens with zero attached hydrogens (tertiary/aromatic N) is 1. The van der Waals surface area contributed by atoms with E-state index in [-0.39, 0.29) is 5.75 Å². The van der Waals surface area contributed by atoms with Gasteiger partial charge in [0.05, 0.1) is 11.8 Å². The van der Waals surface area contributed by atoms with E-state index in [1.165, 1.54) is 0 Å². The van der Waals surface area contributed by atoms with Gasteiger partial charge in [-0.15, -0.1) is 0 Å². The smallest absolute Gasteiger partial charge is 0.191 e. The zero-order chi connectivity index (χ0) is 10.1. The molecular weight excluding hydrogens is 178 g/mol. The van der Waals surface area contributed by atoms with Crippen molar-refractivity contribution in [3.8, 4) is 17.1 Å². The van der Waals surface area contributed by atoms with Gasteiger partial charge in [-0.3, -0.25) is 0 Å². The predicted octanol–water partition coefficient (Wildman–Crippen LogP) is 2.66. The van der Waals surface area contributed by atoms with E-state index in [4.69, 9.17) is 4.42 Å². The van der Waals surface area contributed by atoms with Crippen LogP contribution in [-0.2, 0) is 0 Å². The highest BCUT2D eigenvalue weighted by Gasteiger charge is 2.08. The molecular formula is C11H11NO2. The number of benzene rings is 1. The van der Waals surface area contributed by atoms with Crippen LogP contribution >= 0.6 is 0 Å². The maximum absolute atomic E-state index is 9.67. The monoisotopic (exact) mass is 189 g/mol. The van der Waals surface area contributed by atoms with Crippen LogP contribution < -0.4 is 0 Å². The van der Waals surface area contributed by atoms with Crippen LogP contribution in [0.2, 0.25) is 0 Å². The minimum atomic E-state index is 0.223. The Morgan fingerprint density at radius 2 is 2.07 bits per heavy atom. The van der Waals surface area contributed by atoms with Crippen molar-refractivity contribution in [3.05, 3.63) is 35.9 Å². The summed E-state index contributed by atoms with van der Waals surface area (Å²) in [5.74, 6) is 1.42. The average molecular weight is 189 g/mol. The number of hydrogen-bond acceptors (Lipinski definition) is 3. The summed E-state index contributed by atoms with van der Waals surface area (Å²) < 4.78 is 5.32. The second kappa shape index (κ2) is 3.18. The lowest BCUT2D eigenvalue weighted by Gasteiger charge is -2.01. The van der Waals surface area contributed by atoms with Gasteiger partial charge in [0.15, 0.2) is 11.7 Å². The van der Waals surface area contributed by atoms with Gasteiger partial charge in [-0.05, 0) is 24.6 Å². The molecule has 0 amide bonds. The first kappa shape index (κ1) is 8.81. The van der Waals surface area contributed by atoms with E-state index in [9.17, 15) is 5.11 Å². The summed E-state index contributed by atoms with van der Waals surface area (Å²) >= 11 is 0. The molecule has 3 heteroatoms. The highest BCUT2D eigenvalue weighted by Crippen LogP contribution is 2.29. The summed E-state index contributed by atoms with van der Waals surface area (Å²) in [5, 5.41) is 9.67. The SMILES string of the molecule is Cc1ccc(-c2cnc(C)o2)c(O)c1. The molecule has 1 aromatic carbocycles. The molecule has 0 aliphatic heterocycles. The highest BCUT2D eigenvalue weighted by molar-refractivity contribution is 5.65.